The van der Waals surface area contributed by atoms with E-state index in [1.807, 2.05) is 35.2 Å². The van der Waals surface area contributed by atoms with Gasteiger partial charge in [-0.25, -0.2) is 0 Å². The number of rotatable bonds is 7. The van der Waals surface area contributed by atoms with E-state index < -0.39 is 6.36 Å². The summed E-state index contributed by atoms with van der Waals surface area (Å²) in [7, 11) is 0. The summed E-state index contributed by atoms with van der Waals surface area (Å²) < 4.78 is 41.6. The van der Waals surface area contributed by atoms with Crippen LogP contribution in [0.15, 0.2) is 54.6 Å². The number of amides is 2. The molecule has 2 aromatic carbocycles. The number of carbonyl (C=O) groups excluding carboxylic acids is 2. The van der Waals surface area contributed by atoms with E-state index in [0.717, 1.165) is 18.5 Å². The first kappa shape index (κ1) is 22.6. The van der Waals surface area contributed by atoms with Gasteiger partial charge in [-0.3, -0.25) is 14.5 Å². The van der Waals surface area contributed by atoms with E-state index in [1.165, 1.54) is 18.2 Å². The van der Waals surface area contributed by atoms with E-state index in [1.54, 1.807) is 6.07 Å². The van der Waals surface area contributed by atoms with Crippen molar-refractivity contribution in [2.24, 2.45) is 5.92 Å². The lowest BCUT2D eigenvalue weighted by Gasteiger charge is -2.31. The van der Waals surface area contributed by atoms with E-state index in [9.17, 15) is 22.8 Å². The molecule has 9 heteroatoms. The molecule has 0 aliphatic carbocycles. The zero-order valence-electron chi connectivity index (χ0n) is 16.8. The van der Waals surface area contributed by atoms with E-state index in [-0.39, 0.29) is 42.1 Å². The van der Waals surface area contributed by atoms with Gasteiger partial charge in [0.2, 0.25) is 11.8 Å². The standard InChI is InChI=1S/C22H24F3N3O3/c23-22(24,25)31-19-11-5-4-7-16(19)13-26-20(29)15-28-12-6-8-17(14-28)21(30)27-18-9-2-1-3-10-18/h1-5,7,9-11,17H,6,8,12-15H2,(H,26,29)(H,27,30). The number of halogens is 3. The van der Waals surface area contributed by atoms with Crippen LogP contribution >= 0.6 is 0 Å². The second-order valence-corrected chi connectivity index (χ2v) is 7.36. The molecule has 0 bridgehead atoms. The van der Waals surface area contributed by atoms with Crippen LogP contribution in [0.25, 0.3) is 0 Å². The molecule has 0 saturated carbocycles. The monoisotopic (exact) mass is 435 g/mol. The van der Waals surface area contributed by atoms with Gasteiger partial charge in [-0.05, 0) is 37.6 Å². The Bertz CT molecular complexity index is 890. The maximum Gasteiger partial charge on any atom is 0.573 e. The second kappa shape index (κ2) is 10.3. The van der Waals surface area contributed by atoms with E-state index in [2.05, 4.69) is 15.4 Å². The third kappa shape index (κ3) is 7.29. The van der Waals surface area contributed by atoms with Crippen LogP contribution in [0.2, 0.25) is 0 Å². The summed E-state index contributed by atoms with van der Waals surface area (Å²) in [5, 5.41) is 5.51. The van der Waals surface area contributed by atoms with Gasteiger partial charge < -0.3 is 15.4 Å². The summed E-state index contributed by atoms with van der Waals surface area (Å²) in [4.78, 5) is 26.7. The minimum atomic E-state index is -4.80. The van der Waals surface area contributed by atoms with E-state index in [0.29, 0.717) is 13.1 Å². The molecule has 31 heavy (non-hydrogen) atoms. The highest BCUT2D eigenvalue weighted by atomic mass is 19.4. The Morgan fingerprint density at radius 3 is 2.52 bits per heavy atom. The number of alkyl halides is 3. The molecule has 2 N–H and O–H groups in total. The quantitative estimate of drug-likeness (QED) is 0.698. The van der Waals surface area contributed by atoms with Crippen molar-refractivity contribution in [1.82, 2.24) is 10.2 Å². The van der Waals surface area contributed by atoms with Gasteiger partial charge in [0.1, 0.15) is 5.75 Å². The summed E-state index contributed by atoms with van der Waals surface area (Å²) in [5.74, 6) is -0.992. The molecule has 3 rings (SSSR count). The average Bonchev–Trinajstić information content (AvgIpc) is 2.73. The lowest BCUT2D eigenvalue weighted by atomic mass is 9.97. The van der Waals surface area contributed by atoms with Crippen LogP contribution < -0.4 is 15.4 Å². The maximum absolute atomic E-state index is 12.5. The zero-order valence-corrected chi connectivity index (χ0v) is 16.8. The highest BCUT2D eigenvalue weighted by Crippen LogP contribution is 2.26. The molecule has 1 atom stereocenters. The fraction of sp³-hybridized carbons (Fsp3) is 0.364. The Morgan fingerprint density at radius 1 is 1.06 bits per heavy atom. The largest absolute Gasteiger partial charge is 0.573 e. The minimum absolute atomic E-state index is 0.0669. The highest BCUT2D eigenvalue weighted by Gasteiger charge is 2.32. The molecule has 0 radical (unpaired) electrons. The average molecular weight is 435 g/mol. The number of para-hydroxylation sites is 2. The lowest BCUT2D eigenvalue weighted by Crippen LogP contribution is -2.45. The van der Waals surface area contributed by atoms with Crippen molar-refractivity contribution in [3.05, 3.63) is 60.2 Å². The lowest BCUT2D eigenvalue weighted by molar-refractivity contribution is -0.274. The number of benzene rings is 2. The van der Waals surface area contributed by atoms with Crippen molar-refractivity contribution >= 4 is 17.5 Å². The topological polar surface area (TPSA) is 70.7 Å². The van der Waals surface area contributed by atoms with Gasteiger partial charge in [0.25, 0.3) is 0 Å². The fourth-order valence-electron chi connectivity index (χ4n) is 3.51. The summed E-state index contributed by atoms with van der Waals surface area (Å²) in [6.45, 7) is 1.10. The number of ether oxygens (including phenoxy) is 1. The molecule has 1 saturated heterocycles. The summed E-state index contributed by atoms with van der Waals surface area (Å²) in [5.41, 5.74) is 0.953. The number of carbonyl (C=O) groups is 2. The molecule has 1 unspecified atom stereocenters. The number of likely N-dealkylation sites (tertiary alicyclic amines) is 1. The van der Waals surface area contributed by atoms with Crippen LogP contribution in [-0.4, -0.2) is 42.7 Å². The molecular weight excluding hydrogens is 411 g/mol. The first-order chi connectivity index (χ1) is 14.8. The molecule has 2 amide bonds. The van der Waals surface area contributed by atoms with Gasteiger partial charge in [-0.1, -0.05) is 36.4 Å². The normalized spacial score (nSPS) is 17.1. The van der Waals surface area contributed by atoms with Crippen LogP contribution in [0.4, 0.5) is 18.9 Å². The first-order valence-corrected chi connectivity index (χ1v) is 9.99. The smallest absolute Gasteiger partial charge is 0.405 e. The van der Waals surface area contributed by atoms with Crippen LogP contribution in [0.1, 0.15) is 18.4 Å². The fourth-order valence-corrected chi connectivity index (χ4v) is 3.51. The number of nitrogens with zero attached hydrogens (tertiary/aromatic N) is 1. The van der Waals surface area contributed by atoms with Gasteiger partial charge >= 0.3 is 6.36 Å². The first-order valence-electron chi connectivity index (χ1n) is 9.99. The van der Waals surface area contributed by atoms with E-state index >= 15 is 0 Å². The number of anilines is 1. The Kier molecular flexibility index (Phi) is 7.51. The molecule has 0 aromatic heterocycles. The molecule has 166 valence electrons. The summed E-state index contributed by atoms with van der Waals surface area (Å²) in [6, 6.07) is 14.8. The van der Waals surface area contributed by atoms with Crippen molar-refractivity contribution in [3.63, 3.8) is 0 Å². The molecule has 1 aliphatic rings. The third-order valence-corrected chi connectivity index (χ3v) is 4.96. The molecule has 1 aliphatic heterocycles. The van der Waals surface area contributed by atoms with Crippen molar-refractivity contribution in [3.8, 4) is 5.75 Å². The Morgan fingerprint density at radius 2 is 1.77 bits per heavy atom. The van der Waals surface area contributed by atoms with Crippen molar-refractivity contribution in [2.75, 3.05) is 25.0 Å². The molecule has 0 spiro atoms. The van der Waals surface area contributed by atoms with Crippen LogP contribution in [-0.2, 0) is 16.1 Å². The summed E-state index contributed by atoms with van der Waals surface area (Å²) >= 11 is 0. The Hall–Kier alpha value is -3.07. The molecule has 6 nitrogen and oxygen atoms in total. The second-order valence-electron chi connectivity index (χ2n) is 7.36. The van der Waals surface area contributed by atoms with Crippen LogP contribution in [0.3, 0.4) is 0 Å². The molecule has 2 aromatic rings. The highest BCUT2D eigenvalue weighted by molar-refractivity contribution is 5.92. The number of nitrogens with one attached hydrogen (secondary N) is 2. The number of piperidine rings is 1. The minimum Gasteiger partial charge on any atom is -0.405 e. The number of hydrogen-bond acceptors (Lipinski definition) is 4. The van der Waals surface area contributed by atoms with Gasteiger partial charge in [0, 0.05) is 24.3 Å². The van der Waals surface area contributed by atoms with Crippen molar-refractivity contribution in [2.45, 2.75) is 25.7 Å². The Labute approximate surface area is 178 Å². The van der Waals surface area contributed by atoms with Crippen molar-refractivity contribution in [1.29, 1.82) is 0 Å². The van der Waals surface area contributed by atoms with Gasteiger partial charge in [-0.2, -0.15) is 0 Å². The predicted molar refractivity (Wildman–Crippen MR) is 109 cm³/mol. The van der Waals surface area contributed by atoms with Gasteiger partial charge in [0.15, 0.2) is 0 Å². The SMILES string of the molecule is O=C(CN1CCCC(C(=O)Nc2ccccc2)C1)NCc1ccccc1OC(F)(F)F. The molecule has 1 heterocycles. The Balaban J connectivity index is 1.49. The molecular formula is C22H24F3N3O3. The van der Waals surface area contributed by atoms with Crippen LogP contribution in [0, 0.1) is 5.92 Å². The van der Waals surface area contributed by atoms with Crippen molar-refractivity contribution < 1.29 is 27.5 Å². The van der Waals surface area contributed by atoms with Crippen LogP contribution in [0.5, 0.6) is 5.75 Å². The molecule has 1 fully saturated rings. The van der Waals surface area contributed by atoms with E-state index in [4.69, 9.17) is 0 Å². The predicted octanol–water partition coefficient (Wildman–Crippen LogP) is 3.55. The zero-order chi connectivity index (χ0) is 22.3. The maximum atomic E-state index is 12.5. The van der Waals surface area contributed by atoms with Gasteiger partial charge in [0.05, 0.1) is 12.5 Å². The third-order valence-electron chi connectivity index (χ3n) is 4.96. The number of hydrogen-bond donors (Lipinski definition) is 2. The van der Waals surface area contributed by atoms with Gasteiger partial charge in [-0.15, -0.1) is 13.2 Å². The summed E-state index contributed by atoms with van der Waals surface area (Å²) in [6.07, 6.45) is -3.29.